The third-order valence-corrected chi connectivity index (χ3v) is 6.35. The van der Waals surface area contributed by atoms with E-state index in [2.05, 4.69) is 29.4 Å². The van der Waals surface area contributed by atoms with E-state index in [1.54, 1.807) is 0 Å². The molecule has 6 nitrogen and oxygen atoms in total. The molecule has 0 atom stereocenters. The van der Waals surface area contributed by atoms with E-state index in [1.165, 1.54) is 43.5 Å². The number of alkyl halides is 3. The number of likely N-dealkylation sites (tertiary alicyclic amines) is 1. The van der Waals surface area contributed by atoms with E-state index in [9.17, 15) is 22.8 Å². The van der Waals surface area contributed by atoms with Gasteiger partial charge in [-0.25, -0.2) is 0 Å². The summed E-state index contributed by atoms with van der Waals surface area (Å²) in [7, 11) is 1.46. The molecule has 2 N–H and O–H groups in total. The first kappa shape index (κ1) is 29.5. The summed E-state index contributed by atoms with van der Waals surface area (Å²) in [5.74, 6) is -0.313. The summed E-state index contributed by atoms with van der Waals surface area (Å²) in [6, 6.07) is 10.1. The average Bonchev–Trinajstić information content (AvgIpc) is 2.85. The van der Waals surface area contributed by atoms with Crippen molar-refractivity contribution >= 4 is 29.8 Å². The quantitative estimate of drug-likeness (QED) is 0.448. The summed E-state index contributed by atoms with van der Waals surface area (Å²) in [5, 5.41) is 5.40. The molecule has 0 spiro atoms. The van der Waals surface area contributed by atoms with Gasteiger partial charge in [0, 0.05) is 29.4 Å². The second kappa shape index (κ2) is 13.0. The number of anilines is 1. The minimum atomic E-state index is -4.79. The van der Waals surface area contributed by atoms with Gasteiger partial charge in [0.2, 0.25) is 5.91 Å². The Hall–Kier alpha value is -2.78. The van der Waals surface area contributed by atoms with Crippen LogP contribution in [0.1, 0.15) is 48.2 Å². The van der Waals surface area contributed by atoms with Gasteiger partial charge in [0.05, 0.1) is 19.2 Å². The zero-order valence-corrected chi connectivity index (χ0v) is 21.5. The summed E-state index contributed by atoms with van der Waals surface area (Å²) in [6.45, 7) is 6.43. The molecule has 2 aromatic carbocycles. The standard InChI is InChI=1S/C26H32F3N3O3.ClH/c1-17(2)32-13-11-18(12-14-32)15-31-23(33)16-30-22-6-4-5-21(24(22)26(27,28)29)25(34)19-7-9-20(35-3)10-8-19;/h4-10,17-18,30H,11-16H2,1-3H3,(H,31,33);1H. The number of carbonyl (C=O) groups excluding carboxylic acids is 2. The van der Waals surface area contributed by atoms with Crippen molar-refractivity contribution in [2.75, 3.05) is 38.6 Å². The maximum atomic E-state index is 14.0. The van der Waals surface area contributed by atoms with Crippen molar-refractivity contribution in [3.8, 4) is 5.75 Å². The van der Waals surface area contributed by atoms with Crippen LogP contribution in [0.2, 0.25) is 0 Å². The summed E-state index contributed by atoms with van der Waals surface area (Å²) >= 11 is 0. The van der Waals surface area contributed by atoms with Crippen LogP contribution in [0.3, 0.4) is 0 Å². The van der Waals surface area contributed by atoms with Gasteiger partial charge >= 0.3 is 6.18 Å². The molecule has 198 valence electrons. The van der Waals surface area contributed by atoms with Crippen LogP contribution in [-0.4, -0.2) is 55.9 Å². The van der Waals surface area contributed by atoms with Crippen LogP contribution in [-0.2, 0) is 11.0 Å². The molecule has 3 rings (SSSR count). The molecule has 0 radical (unpaired) electrons. The van der Waals surface area contributed by atoms with Crippen molar-refractivity contribution < 1.29 is 27.5 Å². The monoisotopic (exact) mass is 527 g/mol. The third kappa shape index (κ3) is 7.61. The van der Waals surface area contributed by atoms with E-state index < -0.39 is 29.0 Å². The first-order chi connectivity index (χ1) is 16.6. The molecule has 10 heteroatoms. The summed E-state index contributed by atoms with van der Waals surface area (Å²) in [6.07, 6.45) is -2.85. The smallest absolute Gasteiger partial charge is 0.419 e. The third-order valence-electron chi connectivity index (χ3n) is 6.35. The number of carbonyl (C=O) groups is 2. The zero-order valence-electron chi connectivity index (χ0n) is 20.7. The van der Waals surface area contributed by atoms with Gasteiger partial charge in [-0.05, 0) is 76.0 Å². The van der Waals surface area contributed by atoms with Crippen LogP contribution in [0, 0.1) is 5.92 Å². The molecule has 2 aromatic rings. The van der Waals surface area contributed by atoms with Crippen molar-refractivity contribution in [2.24, 2.45) is 5.92 Å². The largest absolute Gasteiger partial charge is 0.497 e. The molecular weight excluding hydrogens is 495 g/mol. The van der Waals surface area contributed by atoms with E-state index in [-0.39, 0.29) is 30.2 Å². The van der Waals surface area contributed by atoms with Crippen LogP contribution >= 0.6 is 12.4 Å². The molecule has 1 heterocycles. The zero-order chi connectivity index (χ0) is 25.6. The van der Waals surface area contributed by atoms with E-state index in [4.69, 9.17) is 4.74 Å². The molecule has 0 bridgehead atoms. The van der Waals surface area contributed by atoms with Crippen LogP contribution in [0.5, 0.6) is 5.75 Å². The number of nitrogens with one attached hydrogen (secondary N) is 2. The maximum absolute atomic E-state index is 14.0. The van der Waals surface area contributed by atoms with Gasteiger partial charge in [-0.1, -0.05) is 12.1 Å². The fourth-order valence-corrected chi connectivity index (χ4v) is 4.26. The summed E-state index contributed by atoms with van der Waals surface area (Å²) in [4.78, 5) is 27.6. The van der Waals surface area contributed by atoms with Crippen molar-refractivity contribution in [3.63, 3.8) is 0 Å². The maximum Gasteiger partial charge on any atom is 0.419 e. The van der Waals surface area contributed by atoms with Crippen molar-refractivity contribution in [2.45, 2.75) is 38.9 Å². The van der Waals surface area contributed by atoms with Crippen molar-refractivity contribution in [1.82, 2.24) is 10.2 Å². The Morgan fingerprint density at radius 2 is 1.72 bits per heavy atom. The van der Waals surface area contributed by atoms with E-state index >= 15 is 0 Å². The lowest BCUT2D eigenvalue weighted by Gasteiger charge is -2.34. The number of halogens is 4. The summed E-state index contributed by atoms with van der Waals surface area (Å²) < 4.78 is 47.0. The molecule has 1 amide bonds. The van der Waals surface area contributed by atoms with Crippen LogP contribution < -0.4 is 15.4 Å². The van der Waals surface area contributed by atoms with E-state index in [1.807, 2.05) is 0 Å². The SMILES string of the molecule is COc1ccc(C(=O)c2cccc(NCC(=O)NCC3CCN(C(C)C)CC3)c2C(F)(F)F)cc1.Cl. The molecule has 0 aliphatic carbocycles. The van der Waals surface area contributed by atoms with Crippen LogP contribution in [0.15, 0.2) is 42.5 Å². The number of benzene rings is 2. The number of ketones is 1. The van der Waals surface area contributed by atoms with Gasteiger partial charge in [-0.15, -0.1) is 12.4 Å². The highest BCUT2D eigenvalue weighted by molar-refractivity contribution is 6.10. The number of methoxy groups -OCH3 is 1. The van der Waals surface area contributed by atoms with Gasteiger partial charge in [0.15, 0.2) is 5.78 Å². The van der Waals surface area contributed by atoms with Crippen molar-refractivity contribution in [3.05, 3.63) is 59.2 Å². The summed E-state index contributed by atoms with van der Waals surface area (Å²) in [5.41, 5.74) is -1.77. The Morgan fingerprint density at radius 1 is 1.08 bits per heavy atom. The lowest BCUT2D eigenvalue weighted by Crippen LogP contribution is -2.42. The van der Waals surface area contributed by atoms with Gasteiger partial charge in [-0.2, -0.15) is 13.2 Å². The second-order valence-corrected chi connectivity index (χ2v) is 9.01. The Bertz CT molecular complexity index is 1020. The minimum Gasteiger partial charge on any atom is -0.497 e. The van der Waals surface area contributed by atoms with E-state index in [0.29, 0.717) is 24.3 Å². The van der Waals surface area contributed by atoms with Crippen LogP contribution in [0.25, 0.3) is 0 Å². The molecule has 0 aromatic heterocycles. The average molecular weight is 528 g/mol. The molecule has 36 heavy (non-hydrogen) atoms. The molecular formula is C26H33ClF3N3O3. The predicted octanol–water partition coefficient (Wildman–Crippen LogP) is 5.02. The fourth-order valence-electron chi connectivity index (χ4n) is 4.26. The number of piperidine rings is 1. The number of amides is 1. The number of rotatable bonds is 9. The van der Waals surface area contributed by atoms with Gasteiger partial charge in [-0.3, -0.25) is 9.59 Å². The Labute approximate surface area is 216 Å². The molecule has 1 aliphatic rings. The highest BCUT2D eigenvalue weighted by Crippen LogP contribution is 2.38. The fraction of sp³-hybridized carbons (Fsp3) is 0.462. The lowest BCUT2D eigenvalue weighted by atomic mass is 9.96. The molecule has 0 saturated carbocycles. The Balaban J connectivity index is 0.00000456. The van der Waals surface area contributed by atoms with Gasteiger partial charge < -0.3 is 20.3 Å². The molecule has 1 fully saturated rings. The molecule has 1 aliphatic heterocycles. The lowest BCUT2D eigenvalue weighted by molar-refractivity contribution is -0.137. The second-order valence-electron chi connectivity index (χ2n) is 9.01. The molecule has 0 unspecified atom stereocenters. The normalized spacial score (nSPS) is 14.8. The first-order valence-electron chi connectivity index (χ1n) is 11.7. The Morgan fingerprint density at radius 3 is 2.28 bits per heavy atom. The van der Waals surface area contributed by atoms with Gasteiger partial charge in [0.25, 0.3) is 0 Å². The van der Waals surface area contributed by atoms with Crippen LogP contribution in [0.4, 0.5) is 18.9 Å². The number of ether oxygens (including phenoxy) is 1. The number of hydrogen-bond acceptors (Lipinski definition) is 5. The topological polar surface area (TPSA) is 70.7 Å². The minimum absolute atomic E-state index is 0. The number of nitrogens with zero attached hydrogens (tertiary/aromatic N) is 1. The number of hydrogen-bond donors (Lipinski definition) is 2. The van der Waals surface area contributed by atoms with E-state index in [0.717, 1.165) is 32.0 Å². The highest BCUT2D eigenvalue weighted by atomic mass is 35.5. The molecule has 1 saturated heterocycles. The Kier molecular flexibility index (Phi) is 10.6. The van der Waals surface area contributed by atoms with Crippen molar-refractivity contribution in [1.29, 1.82) is 0 Å². The highest BCUT2D eigenvalue weighted by Gasteiger charge is 2.38. The van der Waals surface area contributed by atoms with Gasteiger partial charge in [0.1, 0.15) is 5.75 Å². The first-order valence-corrected chi connectivity index (χ1v) is 11.7. The predicted molar refractivity (Wildman–Crippen MR) is 136 cm³/mol.